The number of rotatable bonds is 4. The number of benzene rings is 1. The van der Waals surface area contributed by atoms with Gasteiger partial charge in [-0.1, -0.05) is 11.6 Å². The van der Waals surface area contributed by atoms with Gasteiger partial charge in [-0.25, -0.2) is 14.2 Å². The van der Waals surface area contributed by atoms with E-state index in [4.69, 9.17) is 11.6 Å². The molecule has 0 saturated carbocycles. The van der Waals surface area contributed by atoms with Crippen molar-refractivity contribution < 1.29 is 14.3 Å². The van der Waals surface area contributed by atoms with E-state index >= 15 is 0 Å². The smallest absolute Gasteiger partial charge is 0.339 e. The fourth-order valence-corrected chi connectivity index (χ4v) is 2.52. The Morgan fingerprint density at radius 1 is 1.36 bits per heavy atom. The lowest BCUT2D eigenvalue weighted by molar-refractivity contribution is 0.0697. The number of nitrogens with zero attached hydrogens (tertiary/aromatic N) is 2. The van der Waals surface area contributed by atoms with Gasteiger partial charge >= 0.3 is 5.97 Å². The molecule has 1 aliphatic rings. The maximum Gasteiger partial charge on any atom is 0.339 e. The van der Waals surface area contributed by atoms with E-state index in [0.717, 1.165) is 5.69 Å². The lowest BCUT2D eigenvalue weighted by Crippen LogP contribution is -2.55. The Kier molecular flexibility index (Phi) is 3.85. The first-order valence-corrected chi connectivity index (χ1v) is 7.06. The van der Waals surface area contributed by atoms with E-state index in [-0.39, 0.29) is 17.4 Å². The normalized spacial score (nSPS) is 14.5. The van der Waals surface area contributed by atoms with Crippen molar-refractivity contribution in [1.82, 2.24) is 4.98 Å². The summed E-state index contributed by atoms with van der Waals surface area (Å²) < 4.78 is 12.8. The molecule has 2 N–H and O–H groups in total. The van der Waals surface area contributed by atoms with Gasteiger partial charge in [-0.3, -0.25) is 0 Å². The monoisotopic (exact) mass is 321 g/mol. The maximum absolute atomic E-state index is 12.8. The number of pyridine rings is 1. The molecule has 0 bridgehead atoms. The zero-order valence-corrected chi connectivity index (χ0v) is 12.2. The van der Waals surface area contributed by atoms with E-state index in [9.17, 15) is 14.3 Å². The molecule has 0 spiro atoms. The molecule has 1 aromatic carbocycles. The largest absolute Gasteiger partial charge is 0.478 e. The molecule has 0 unspecified atom stereocenters. The number of hydrogen-bond acceptors (Lipinski definition) is 4. The highest BCUT2D eigenvalue weighted by molar-refractivity contribution is 6.30. The van der Waals surface area contributed by atoms with Crippen molar-refractivity contribution in [2.75, 3.05) is 23.3 Å². The highest BCUT2D eigenvalue weighted by atomic mass is 35.5. The fraction of sp³-hybridized carbons (Fsp3) is 0.200. The van der Waals surface area contributed by atoms with Gasteiger partial charge in [-0.15, -0.1) is 0 Å². The number of carboxylic acid groups (broad SMARTS) is 1. The molecule has 114 valence electrons. The van der Waals surface area contributed by atoms with Crippen LogP contribution in [0.3, 0.4) is 0 Å². The van der Waals surface area contributed by atoms with E-state index < -0.39 is 5.97 Å². The third-order valence-corrected chi connectivity index (χ3v) is 3.67. The minimum absolute atomic E-state index is 0.0905. The summed E-state index contributed by atoms with van der Waals surface area (Å²) in [4.78, 5) is 17.2. The van der Waals surface area contributed by atoms with Crippen molar-refractivity contribution in [2.45, 2.75) is 6.04 Å². The predicted molar refractivity (Wildman–Crippen MR) is 82.2 cm³/mol. The van der Waals surface area contributed by atoms with Crippen LogP contribution >= 0.6 is 11.6 Å². The van der Waals surface area contributed by atoms with Gasteiger partial charge in [0.25, 0.3) is 0 Å². The van der Waals surface area contributed by atoms with Gasteiger partial charge in [0.05, 0.1) is 11.1 Å². The van der Waals surface area contributed by atoms with Gasteiger partial charge in [0.1, 0.15) is 17.2 Å². The number of anilines is 2. The minimum atomic E-state index is -1.06. The van der Waals surface area contributed by atoms with Gasteiger partial charge < -0.3 is 15.3 Å². The fourth-order valence-electron chi connectivity index (χ4n) is 2.37. The van der Waals surface area contributed by atoms with Crippen LogP contribution in [0.2, 0.25) is 5.02 Å². The molecule has 2 heterocycles. The van der Waals surface area contributed by atoms with Crippen LogP contribution in [0.15, 0.2) is 36.5 Å². The summed E-state index contributed by atoms with van der Waals surface area (Å²) in [5.74, 6) is -0.925. The summed E-state index contributed by atoms with van der Waals surface area (Å²) >= 11 is 5.79. The summed E-state index contributed by atoms with van der Waals surface area (Å²) in [5, 5.41) is 12.8. The van der Waals surface area contributed by atoms with Crippen LogP contribution < -0.4 is 10.2 Å². The molecular weight excluding hydrogens is 309 g/mol. The number of carbonyl (C=O) groups is 1. The van der Waals surface area contributed by atoms with Crippen LogP contribution in [-0.4, -0.2) is 35.2 Å². The number of nitrogens with one attached hydrogen (secondary N) is 1. The Bertz CT molecular complexity index is 702. The Morgan fingerprint density at radius 3 is 2.68 bits per heavy atom. The molecule has 3 rings (SSSR count). The minimum Gasteiger partial charge on any atom is -0.478 e. The molecule has 2 aromatic rings. The van der Waals surface area contributed by atoms with Crippen LogP contribution in [-0.2, 0) is 0 Å². The third-order valence-electron chi connectivity index (χ3n) is 3.46. The number of carboxylic acids is 1. The quantitative estimate of drug-likeness (QED) is 0.906. The molecule has 1 fully saturated rings. The van der Waals surface area contributed by atoms with Crippen LogP contribution in [0.25, 0.3) is 0 Å². The number of aromatic nitrogens is 1. The number of hydrogen-bond donors (Lipinski definition) is 2. The Hall–Kier alpha value is -2.34. The van der Waals surface area contributed by atoms with E-state index in [1.54, 1.807) is 12.1 Å². The Morgan fingerprint density at radius 2 is 2.05 bits per heavy atom. The summed E-state index contributed by atoms with van der Waals surface area (Å²) in [6, 6.07) is 7.67. The van der Waals surface area contributed by atoms with Crippen molar-refractivity contribution in [3.63, 3.8) is 0 Å². The first-order valence-electron chi connectivity index (χ1n) is 6.69. The molecule has 0 atom stereocenters. The average Bonchev–Trinajstić information content (AvgIpc) is 2.45. The van der Waals surface area contributed by atoms with E-state index in [2.05, 4.69) is 10.3 Å². The summed E-state index contributed by atoms with van der Waals surface area (Å²) in [7, 11) is 0. The molecule has 0 amide bonds. The molecule has 5 nitrogen and oxygen atoms in total. The molecule has 1 aliphatic heterocycles. The lowest BCUT2D eigenvalue weighted by atomic mass is 10.1. The topological polar surface area (TPSA) is 65.5 Å². The van der Waals surface area contributed by atoms with Gasteiger partial charge in [0.2, 0.25) is 0 Å². The number of aromatic carboxylic acids is 1. The molecular formula is C15H13ClFN3O2. The van der Waals surface area contributed by atoms with Crippen LogP contribution in [0.4, 0.5) is 15.9 Å². The second-order valence-electron chi connectivity index (χ2n) is 5.08. The first kappa shape index (κ1) is 14.6. The third kappa shape index (κ3) is 2.96. The van der Waals surface area contributed by atoms with Gasteiger partial charge in [-0.2, -0.15) is 0 Å². The number of halogens is 2. The van der Waals surface area contributed by atoms with Crippen LogP contribution in [0.1, 0.15) is 10.4 Å². The molecule has 1 aromatic heterocycles. The second-order valence-corrected chi connectivity index (χ2v) is 5.52. The zero-order valence-electron chi connectivity index (χ0n) is 11.5. The van der Waals surface area contributed by atoms with Crippen LogP contribution in [0.5, 0.6) is 0 Å². The lowest BCUT2D eigenvalue weighted by Gasteiger charge is -2.41. The molecule has 0 radical (unpaired) electrons. The maximum atomic E-state index is 12.8. The molecule has 0 aliphatic carbocycles. The van der Waals surface area contributed by atoms with Gasteiger partial charge in [0.15, 0.2) is 0 Å². The van der Waals surface area contributed by atoms with Crippen molar-refractivity contribution >= 4 is 29.1 Å². The Balaban J connectivity index is 1.66. The SMILES string of the molecule is O=C(O)c1cc(Cl)cnc1N1CC(Nc2ccc(F)cc2)C1. The zero-order chi connectivity index (χ0) is 15.7. The summed E-state index contributed by atoms with van der Waals surface area (Å²) in [6.07, 6.45) is 1.43. The average molecular weight is 322 g/mol. The van der Waals surface area contributed by atoms with Crippen molar-refractivity contribution in [1.29, 1.82) is 0 Å². The summed E-state index contributed by atoms with van der Waals surface area (Å²) in [6.45, 7) is 1.23. The standard InChI is InChI=1S/C15H13ClFN3O2/c16-9-5-13(15(21)22)14(18-6-9)20-7-12(8-20)19-11-3-1-10(17)2-4-11/h1-6,12,19H,7-8H2,(H,21,22). The Labute approximate surface area is 131 Å². The van der Waals surface area contributed by atoms with E-state index in [1.165, 1.54) is 24.4 Å². The van der Waals surface area contributed by atoms with Gasteiger partial charge in [0, 0.05) is 25.0 Å². The van der Waals surface area contributed by atoms with Crippen LogP contribution in [0, 0.1) is 5.82 Å². The van der Waals surface area contributed by atoms with E-state index in [0.29, 0.717) is 23.9 Å². The highest BCUT2D eigenvalue weighted by Gasteiger charge is 2.30. The van der Waals surface area contributed by atoms with Crippen molar-refractivity contribution in [3.8, 4) is 0 Å². The predicted octanol–water partition coefficient (Wildman–Crippen LogP) is 2.87. The first-order chi connectivity index (χ1) is 10.5. The molecule has 22 heavy (non-hydrogen) atoms. The molecule has 1 saturated heterocycles. The van der Waals surface area contributed by atoms with Gasteiger partial charge in [-0.05, 0) is 30.3 Å². The van der Waals surface area contributed by atoms with E-state index in [1.807, 2.05) is 4.90 Å². The van der Waals surface area contributed by atoms with Crippen molar-refractivity contribution in [2.24, 2.45) is 0 Å². The molecule has 7 heteroatoms. The second kappa shape index (κ2) is 5.81. The van der Waals surface area contributed by atoms with Crippen molar-refractivity contribution in [3.05, 3.63) is 52.9 Å². The summed E-state index contributed by atoms with van der Waals surface area (Å²) in [5.41, 5.74) is 0.918. The highest BCUT2D eigenvalue weighted by Crippen LogP contribution is 2.26.